The third kappa shape index (κ3) is 7.06. The third-order valence-electron chi connectivity index (χ3n) is 4.49. The summed E-state index contributed by atoms with van der Waals surface area (Å²) in [7, 11) is 0. The molecule has 3 amide bonds. The van der Waals surface area contributed by atoms with E-state index in [4.69, 9.17) is 9.47 Å². The molecular weight excluding hydrogens is 441 g/mol. The van der Waals surface area contributed by atoms with E-state index in [1.54, 1.807) is 54.6 Å². The number of likely N-dealkylation sites (N-methyl/N-ethyl adjacent to an activating group) is 1. The lowest BCUT2D eigenvalue weighted by molar-refractivity contribution is -0.123. The monoisotopic (exact) mass is 465 g/mol. The predicted molar refractivity (Wildman–Crippen MR) is 126 cm³/mol. The van der Waals surface area contributed by atoms with Crippen LogP contribution in [-0.2, 0) is 9.59 Å². The number of rotatable bonds is 10. The number of amides is 3. The maximum Gasteiger partial charge on any atom is 0.262 e. The predicted octanol–water partition coefficient (Wildman–Crippen LogP) is 3.61. The Morgan fingerprint density at radius 1 is 0.794 bits per heavy atom. The number of ether oxygens (including phenoxy) is 2. The van der Waals surface area contributed by atoms with Gasteiger partial charge in [0.25, 0.3) is 17.7 Å². The maximum atomic E-state index is 13.7. The zero-order valence-corrected chi connectivity index (χ0v) is 18.5. The number of carbonyl (C=O) groups is 3. The Labute approximate surface area is 196 Å². The van der Waals surface area contributed by atoms with Gasteiger partial charge in [0, 0.05) is 12.2 Å². The minimum atomic E-state index is -0.566. The lowest BCUT2D eigenvalue weighted by Gasteiger charge is -2.12. The first-order valence-corrected chi connectivity index (χ1v) is 10.5. The molecule has 3 aromatic rings. The molecule has 8 nitrogen and oxygen atoms in total. The second-order valence-electron chi connectivity index (χ2n) is 7.03. The Morgan fingerprint density at radius 2 is 1.47 bits per heavy atom. The molecule has 0 aliphatic heterocycles. The van der Waals surface area contributed by atoms with Crippen molar-refractivity contribution in [3.8, 4) is 11.5 Å². The summed E-state index contributed by atoms with van der Waals surface area (Å²) in [6.07, 6.45) is 0. The van der Waals surface area contributed by atoms with Gasteiger partial charge in [0.1, 0.15) is 17.3 Å². The van der Waals surface area contributed by atoms with E-state index in [0.29, 0.717) is 18.0 Å². The minimum Gasteiger partial charge on any atom is -0.484 e. The summed E-state index contributed by atoms with van der Waals surface area (Å²) in [5, 5.41) is 7.80. The van der Waals surface area contributed by atoms with Gasteiger partial charge in [0.05, 0.1) is 11.3 Å². The number of hydrogen-bond donors (Lipinski definition) is 3. The fourth-order valence-corrected chi connectivity index (χ4v) is 2.90. The number of anilines is 2. The number of benzene rings is 3. The lowest BCUT2D eigenvalue weighted by atomic mass is 10.2. The van der Waals surface area contributed by atoms with Gasteiger partial charge in [-0.05, 0) is 55.5 Å². The quantitative estimate of drug-likeness (QED) is 0.424. The van der Waals surface area contributed by atoms with Crippen LogP contribution in [0.1, 0.15) is 17.3 Å². The molecule has 0 fully saturated rings. The molecule has 176 valence electrons. The second kappa shape index (κ2) is 12.0. The summed E-state index contributed by atoms with van der Waals surface area (Å²) in [6, 6.07) is 18.8. The molecule has 0 aliphatic rings. The molecular formula is C25H24FN3O5. The van der Waals surface area contributed by atoms with Crippen LogP contribution in [0.15, 0.2) is 72.8 Å². The number of carbonyl (C=O) groups excluding carboxylic acids is 3. The minimum absolute atomic E-state index is 0.0422. The van der Waals surface area contributed by atoms with E-state index in [0.717, 1.165) is 0 Å². The van der Waals surface area contributed by atoms with Crippen molar-refractivity contribution in [1.29, 1.82) is 0 Å². The highest BCUT2D eigenvalue weighted by Crippen LogP contribution is 2.21. The van der Waals surface area contributed by atoms with Gasteiger partial charge in [-0.3, -0.25) is 14.4 Å². The van der Waals surface area contributed by atoms with Crippen LogP contribution < -0.4 is 25.4 Å². The lowest BCUT2D eigenvalue weighted by Crippen LogP contribution is -2.28. The van der Waals surface area contributed by atoms with E-state index in [9.17, 15) is 18.8 Å². The summed E-state index contributed by atoms with van der Waals surface area (Å²) >= 11 is 0. The first kappa shape index (κ1) is 24.2. The molecule has 0 saturated heterocycles. The molecule has 9 heteroatoms. The Morgan fingerprint density at radius 3 is 2.21 bits per heavy atom. The molecule has 3 N–H and O–H groups in total. The molecule has 3 rings (SSSR count). The molecule has 0 bridgehead atoms. The number of halogens is 1. The maximum absolute atomic E-state index is 13.7. The van der Waals surface area contributed by atoms with E-state index in [1.165, 1.54) is 18.2 Å². The second-order valence-corrected chi connectivity index (χ2v) is 7.03. The van der Waals surface area contributed by atoms with Gasteiger partial charge in [0.2, 0.25) is 0 Å². The molecule has 0 aromatic heterocycles. The van der Waals surface area contributed by atoms with E-state index >= 15 is 0 Å². The van der Waals surface area contributed by atoms with Crippen LogP contribution in [0.2, 0.25) is 0 Å². The average molecular weight is 465 g/mol. The number of para-hydroxylation sites is 2. The zero-order chi connectivity index (χ0) is 24.3. The number of nitrogens with one attached hydrogen (secondary N) is 3. The normalized spacial score (nSPS) is 10.2. The van der Waals surface area contributed by atoms with E-state index < -0.39 is 24.2 Å². The first-order valence-electron chi connectivity index (χ1n) is 10.5. The highest BCUT2D eigenvalue weighted by atomic mass is 19.1. The highest BCUT2D eigenvalue weighted by molar-refractivity contribution is 6.06. The molecule has 0 aliphatic carbocycles. The van der Waals surface area contributed by atoms with Crippen LogP contribution in [0.4, 0.5) is 15.8 Å². The Kier molecular flexibility index (Phi) is 8.56. The number of hydrogen-bond acceptors (Lipinski definition) is 5. The van der Waals surface area contributed by atoms with Crippen LogP contribution in [0.3, 0.4) is 0 Å². The van der Waals surface area contributed by atoms with Gasteiger partial charge >= 0.3 is 0 Å². The van der Waals surface area contributed by atoms with Gasteiger partial charge in [-0.15, -0.1) is 0 Å². The smallest absolute Gasteiger partial charge is 0.262 e. The Bertz CT molecular complexity index is 1150. The topological polar surface area (TPSA) is 106 Å². The van der Waals surface area contributed by atoms with Crippen molar-refractivity contribution >= 4 is 29.1 Å². The van der Waals surface area contributed by atoms with Gasteiger partial charge in [-0.2, -0.15) is 0 Å². The van der Waals surface area contributed by atoms with Crippen molar-refractivity contribution in [3.05, 3.63) is 84.2 Å². The Hall–Kier alpha value is -4.40. The van der Waals surface area contributed by atoms with Gasteiger partial charge in [-0.25, -0.2) is 4.39 Å². The summed E-state index contributed by atoms with van der Waals surface area (Å²) in [4.78, 5) is 36.4. The van der Waals surface area contributed by atoms with Gasteiger partial charge in [-0.1, -0.05) is 24.3 Å². The summed E-state index contributed by atoms with van der Waals surface area (Å²) in [6.45, 7) is 1.83. The van der Waals surface area contributed by atoms with Crippen LogP contribution in [-0.4, -0.2) is 37.5 Å². The molecule has 0 unspecified atom stereocenters. The van der Waals surface area contributed by atoms with Crippen molar-refractivity contribution in [2.75, 3.05) is 30.4 Å². The molecule has 0 heterocycles. The Balaban J connectivity index is 1.57. The van der Waals surface area contributed by atoms with E-state index in [2.05, 4.69) is 16.0 Å². The standard InChI is InChI=1S/C25H24FN3O5/c1-2-27-23(30)15-33-18-13-11-17(12-14-18)28-25(32)19-7-3-6-10-22(19)34-16-24(31)29-21-9-5-4-8-20(21)26/h3-14H,2,15-16H2,1H3,(H,27,30)(H,28,32)(H,29,31). The summed E-state index contributed by atoms with van der Waals surface area (Å²) in [5.74, 6) is -1.11. The molecule has 3 aromatic carbocycles. The van der Waals surface area contributed by atoms with E-state index in [-0.39, 0.29) is 29.5 Å². The van der Waals surface area contributed by atoms with Gasteiger partial charge < -0.3 is 25.4 Å². The van der Waals surface area contributed by atoms with Crippen molar-refractivity contribution < 1.29 is 28.2 Å². The van der Waals surface area contributed by atoms with Crippen molar-refractivity contribution in [1.82, 2.24) is 5.32 Å². The van der Waals surface area contributed by atoms with Crippen LogP contribution in [0.25, 0.3) is 0 Å². The van der Waals surface area contributed by atoms with Crippen LogP contribution in [0, 0.1) is 5.82 Å². The van der Waals surface area contributed by atoms with Crippen molar-refractivity contribution in [3.63, 3.8) is 0 Å². The van der Waals surface area contributed by atoms with Gasteiger partial charge in [0.15, 0.2) is 13.2 Å². The summed E-state index contributed by atoms with van der Waals surface area (Å²) < 4.78 is 24.6. The summed E-state index contributed by atoms with van der Waals surface area (Å²) in [5.41, 5.74) is 0.765. The zero-order valence-electron chi connectivity index (χ0n) is 18.5. The first-order chi connectivity index (χ1) is 16.5. The van der Waals surface area contributed by atoms with Crippen LogP contribution in [0.5, 0.6) is 11.5 Å². The molecule has 0 radical (unpaired) electrons. The molecule has 34 heavy (non-hydrogen) atoms. The van der Waals surface area contributed by atoms with Crippen molar-refractivity contribution in [2.45, 2.75) is 6.92 Å². The average Bonchev–Trinajstić information content (AvgIpc) is 2.84. The molecule has 0 saturated carbocycles. The van der Waals surface area contributed by atoms with Crippen molar-refractivity contribution in [2.24, 2.45) is 0 Å². The van der Waals surface area contributed by atoms with Crippen LogP contribution >= 0.6 is 0 Å². The highest BCUT2D eigenvalue weighted by Gasteiger charge is 2.14. The largest absolute Gasteiger partial charge is 0.484 e. The SMILES string of the molecule is CCNC(=O)COc1ccc(NC(=O)c2ccccc2OCC(=O)Nc2ccccc2F)cc1. The molecule has 0 spiro atoms. The fourth-order valence-electron chi connectivity index (χ4n) is 2.90. The third-order valence-corrected chi connectivity index (χ3v) is 4.49. The molecule has 0 atom stereocenters. The van der Waals surface area contributed by atoms with E-state index in [1.807, 2.05) is 6.92 Å². The fraction of sp³-hybridized carbons (Fsp3) is 0.160.